The van der Waals surface area contributed by atoms with Crippen LogP contribution in [0.25, 0.3) is 0 Å². The summed E-state index contributed by atoms with van der Waals surface area (Å²) in [6.07, 6.45) is 3.70. The average molecular weight is 230 g/mol. The van der Waals surface area contributed by atoms with Crippen LogP contribution in [0.3, 0.4) is 0 Å². The van der Waals surface area contributed by atoms with Crippen LogP contribution in [0.4, 0.5) is 0 Å². The number of benzene rings is 1. The summed E-state index contributed by atoms with van der Waals surface area (Å²) in [6, 6.07) is 9.69. The highest BCUT2D eigenvalue weighted by Gasteiger charge is 2.19. The first kappa shape index (κ1) is 11.6. The van der Waals surface area contributed by atoms with Crippen molar-refractivity contribution < 1.29 is 8.42 Å². The molecular weight excluding hydrogens is 216 g/mol. The van der Waals surface area contributed by atoms with Crippen molar-refractivity contribution in [1.29, 1.82) is 0 Å². The highest BCUT2D eigenvalue weighted by atomic mass is 32.3. The lowest BCUT2D eigenvalue weighted by molar-refractivity contribution is 0.598. The molecule has 0 spiro atoms. The molecule has 0 saturated carbocycles. The molecule has 1 aromatic rings. The summed E-state index contributed by atoms with van der Waals surface area (Å²) in [6.45, 7) is 0. The lowest BCUT2D eigenvalue weighted by atomic mass is 10.2. The predicted molar refractivity (Wildman–Crippen MR) is 62.3 cm³/mol. The first-order valence-corrected chi connectivity index (χ1v) is 7.54. The Kier molecular flexibility index (Phi) is 4.01. The smallest absolute Gasteiger partial charge is 0.159 e. The van der Waals surface area contributed by atoms with Crippen molar-refractivity contribution >= 4 is 21.6 Å². The van der Waals surface area contributed by atoms with Gasteiger partial charge in [0.25, 0.3) is 0 Å². The van der Waals surface area contributed by atoms with Gasteiger partial charge in [-0.25, -0.2) is 8.42 Å². The number of sulfone groups is 1. The van der Waals surface area contributed by atoms with Crippen LogP contribution in [0.2, 0.25) is 0 Å². The van der Waals surface area contributed by atoms with E-state index in [1.54, 1.807) is 0 Å². The number of rotatable bonds is 4. The van der Waals surface area contributed by atoms with Crippen LogP contribution in [0.15, 0.2) is 30.3 Å². The average Bonchev–Trinajstić information content (AvgIpc) is 2.14. The highest BCUT2D eigenvalue weighted by molar-refractivity contribution is 8.12. The van der Waals surface area contributed by atoms with Gasteiger partial charge < -0.3 is 0 Å². The fourth-order valence-electron chi connectivity index (χ4n) is 1.22. The van der Waals surface area contributed by atoms with Gasteiger partial charge in [-0.2, -0.15) is 0 Å². The Morgan fingerprint density at radius 2 is 1.86 bits per heavy atom. The van der Waals surface area contributed by atoms with Crippen molar-refractivity contribution in [3.63, 3.8) is 0 Å². The maximum absolute atomic E-state index is 11.3. The molecule has 78 valence electrons. The highest BCUT2D eigenvalue weighted by Crippen LogP contribution is 2.18. The van der Waals surface area contributed by atoms with Crippen LogP contribution in [-0.4, -0.2) is 25.5 Å². The Balaban J connectivity index is 2.77. The molecule has 1 unspecified atom stereocenters. The standard InChI is InChI=1S/C10H14O2S2/c1-13-10(14(2,11)12)8-9-6-4-3-5-7-9/h3-7,10H,8H2,1-2H3. The SMILES string of the molecule is CSC(Cc1ccccc1)S(C)(=O)=O. The molecule has 0 saturated heterocycles. The van der Waals surface area contributed by atoms with Crippen LogP contribution in [0, 0.1) is 0 Å². The van der Waals surface area contributed by atoms with Gasteiger partial charge in [-0.3, -0.25) is 0 Å². The van der Waals surface area contributed by atoms with E-state index in [9.17, 15) is 8.42 Å². The second kappa shape index (κ2) is 4.84. The topological polar surface area (TPSA) is 34.1 Å². The third-order valence-corrected chi connectivity index (χ3v) is 5.43. The Labute approximate surface area is 89.6 Å². The van der Waals surface area contributed by atoms with Crippen molar-refractivity contribution in [2.24, 2.45) is 0 Å². The molecule has 2 nitrogen and oxygen atoms in total. The predicted octanol–water partition coefficient (Wildman–Crippen LogP) is 1.96. The van der Waals surface area contributed by atoms with E-state index in [1.807, 2.05) is 36.6 Å². The quantitative estimate of drug-likeness (QED) is 0.793. The number of hydrogen-bond donors (Lipinski definition) is 0. The van der Waals surface area contributed by atoms with Crippen LogP contribution in [-0.2, 0) is 16.3 Å². The Morgan fingerprint density at radius 1 is 1.29 bits per heavy atom. The molecule has 0 bridgehead atoms. The van der Waals surface area contributed by atoms with E-state index in [0.717, 1.165) is 5.56 Å². The largest absolute Gasteiger partial charge is 0.228 e. The molecule has 4 heteroatoms. The summed E-state index contributed by atoms with van der Waals surface area (Å²) in [5.74, 6) is 0. The van der Waals surface area contributed by atoms with E-state index in [-0.39, 0.29) is 4.58 Å². The summed E-state index contributed by atoms with van der Waals surface area (Å²) >= 11 is 1.38. The van der Waals surface area contributed by atoms with E-state index >= 15 is 0 Å². The Morgan fingerprint density at radius 3 is 2.29 bits per heavy atom. The molecule has 0 aliphatic carbocycles. The zero-order valence-electron chi connectivity index (χ0n) is 8.30. The summed E-state index contributed by atoms with van der Waals surface area (Å²) in [5.41, 5.74) is 1.07. The summed E-state index contributed by atoms with van der Waals surface area (Å²) in [7, 11) is -2.95. The minimum absolute atomic E-state index is 0.329. The van der Waals surface area contributed by atoms with E-state index in [4.69, 9.17) is 0 Å². The second-order valence-electron chi connectivity index (χ2n) is 3.18. The third-order valence-electron chi connectivity index (χ3n) is 1.99. The molecule has 0 aliphatic rings. The molecule has 0 amide bonds. The molecule has 0 aromatic heterocycles. The second-order valence-corrected chi connectivity index (χ2v) is 6.75. The molecule has 0 N–H and O–H groups in total. The maximum Gasteiger partial charge on any atom is 0.159 e. The van der Waals surface area contributed by atoms with Gasteiger partial charge in [0.15, 0.2) is 9.84 Å². The monoisotopic (exact) mass is 230 g/mol. The lowest BCUT2D eigenvalue weighted by Gasteiger charge is -2.11. The molecule has 1 rings (SSSR count). The summed E-state index contributed by atoms with van der Waals surface area (Å²) in [4.78, 5) is 0. The molecule has 0 heterocycles. The molecule has 14 heavy (non-hydrogen) atoms. The molecule has 1 aromatic carbocycles. The zero-order chi connectivity index (χ0) is 10.6. The van der Waals surface area contributed by atoms with Gasteiger partial charge in [-0.05, 0) is 18.2 Å². The maximum atomic E-state index is 11.3. The first-order chi connectivity index (χ1) is 6.54. The minimum Gasteiger partial charge on any atom is -0.228 e. The fraction of sp³-hybridized carbons (Fsp3) is 0.400. The summed E-state index contributed by atoms with van der Waals surface area (Å²) < 4.78 is 22.4. The van der Waals surface area contributed by atoms with Crippen LogP contribution >= 0.6 is 11.8 Å². The van der Waals surface area contributed by atoms with E-state index in [2.05, 4.69) is 0 Å². The van der Waals surface area contributed by atoms with Gasteiger partial charge in [-0.15, -0.1) is 11.8 Å². The fourth-order valence-corrected chi connectivity index (χ4v) is 3.47. The van der Waals surface area contributed by atoms with E-state index < -0.39 is 9.84 Å². The summed E-state index contributed by atoms with van der Waals surface area (Å²) in [5, 5.41) is 0. The van der Waals surface area contributed by atoms with Gasteiger partial charge in [0.1, 0.15) is 4.58 Å². The van der Waals surface area contributed by atoms with E-state index in [0.29, 0.717) is 6.42 Å². The number of hydrogen-bond acceptors (Lipinski definition) is 3. The van der Waals surface area contributed by atoms with Crippen molar-refractivity contribution in [3.05, 3.63) is 35.9 Å². The molecule has 0 fully saturated rings. The molecule has 0 aliphatic heterocycles. The van der Waals surface area contributed by atoms with Crippen molar-refractivity contribution in [3.8, 4) is 0 Å². The van der Waals surface area contributed by atoms with Gasteiger partial charge in [0, 0.05) is 6.26 Å². The third kappa shape index (κ3) is 3.35. The molecule has 1 atom stereocenters. The van der Waals surface area contributed by atoms with Gasteiger partial charge in [-0.1, -0.05) is 30.3 Å². The molecule has 0 radical (unpaired) electrons. The van der Waals surface area contributed by atoms with Crippen molar-refractivity contribution in [2.75, 3.05) is 12.5 Å². The van der Waals surface area contributed by atoms with Gasteiger partial charge in [0.05, 0.1) is 0 Å². The van der Waals surface area contributed by atoms with Crippen LogP contribution in [0.1, 0.15) is 5.56 Å². The van der Waals surface area contributed by atoms with Crippen molar-refractivity contribution in [2.45, 2.75) is 11.0 Å². The van der Waals surface area contributed by atoms with Gasteiger partial charge >= 0.3 is 0 Å². The lowest BCUT2D eigenvalue weighted by Crippen LogP contribution is -2.18. The number of thioether (sulfide) groups is 1. The van der Waals surface area contributed by atoms with E-state index in [1.165, 1.54) is 18.0 Å². The van der Waals surface area contributed by atoms with Gasteiger partial charge in [0.2, 0.25) is 0 Å². The first-order valence-electron chi connectivity index (χ1n) is 4.29. The normalized spacial score (nSPS) is 13.9. The van der Waals surface area contributed by atoms with Crippen LogP contribution in [0.5, 0.6) is 0 Å². The van der Waals surface area contributed by atoms with Crippen LogP contribution < -0.4 is 0 Å². The minimum atomic E-state index is -2.95. The Hall–Kier alpha value is -0.480. The zero-order valence-corrected chi connectivity index (χ0v) is 9.94. The molecular formula is C10H14O2S2. The van der Waals surface area contributed by atoms with Crippen molar-refractivity contribution in [1.82, 2.24) is 0 Å². The Bertz CT molecular complexity index is 370.